The summed E-state index contributed by atoms with van der Waals surface area (Å²) in [4.78, 5) is 42.7. The Labute approximate surface area is 144 Å². The molecule has 2 amide bonds. The summed E-state index contributed by atoms with van der Waals surface area (Å²) >= 11 is 0. The number of amides is 2. The first kappa shape index (κ1) is 17.2. The first-order valence-corrected chi connectivity index (χ1v) is 8.39. The molecule has 2 heterocycles. The number of hydrogen-bond acceptors (Lipinski definition) is 4. The van der Waals surface area contributed by atoms with Gasteiger partial charge in [-0.2, -0.15) is 0 Å². The number of likely N-dealkylation sites (tertiary alicyclic amines) is 1. The summed E-state index contributed by atoms with van der Waals surface area (Å²) in [6.07, 6.45) is 1.35. The molecule has 0 atom stereocenters. The molecule has 5 N–H and O–H groups in total. The van der Waals surface area contributed by atoms with Crippen molar-refractivity contribution in [3.05, 3.63) is 27.7 Å². The fourth-order valence-corrected chi connectivity index (χ4v) is 3.37. The number of imidazole rings is 1. The quantitative estimate of drug-likeness (QED) is 0.648. The van der Waals surface area contributed by atoms with Gasteiger partial charge in [0, 0.05) is 5.92 Å². The zero-order chi connectivity index (χ0) is 18.1. The molecule has 0 unspecified atom stereocenters. The lowest BCUT2D eigenvalue weighted by Crippen LogP contribution is -2.42. The van der Waals surface area contributed by atoms with E-state index < -0.39 is 0 Å². The molecule has 0 bridgehead atoms. The van der Waals surface area contributed by atoms with Gasteiger partial charge in [-0.15, -0.1) is 0 Å². The van der Waals surface area contributed by atoms with Gasteiger partial charge < -0.3 is 21.0 Å². The number of benzene rings is 1. The highest BCUT2D eigenvalue weighted by molar-refractivity contribution is 6.02. The molecule has 8 heteroatoms. The van der Waals surface area contributed by atoms with Gasteiger partial charge in [0.1, 0.15) is 0 Å². The Kier molecular flexibility index (Phi) is 4.63. The summed E-state index contributed by atoms with van der Waals surface area (Å²) in [6.45, 7) is 5.44. The topological polar surface area (TPSA) is 124 Å². The number of rotatable bonds is 4. The van der Waals surface area contributed by atoms with Crippen LogP contribution in [-0.2, 0) is 9.59 Å². The molecule has 1 saturated heterocycles. The Morgan fingerprint density at radius 2 is 1.96 bits per heavy atom. The van der Waals surface area contributed by atoms with E-state index in [2.05, 4.69) is 15.3 Å². The number of carbonyl (C=O) groups is 2. The minimum Gasteiger partial charge on any atom is -0.369 e. The van der Waals surface area contributed by atoms with E-state index in [-0.39, 0.29) is 30.0 Å². The van der Waals surface area contributed by atoms with Crippen molar-refractivity contribution in [3.8, 4) is 0 Å². The van der Waals surface area contributed by atoms with Gasteiger partial charge in [0.05, 0.1) is 23.3 Å². The van der Waals surface area contributed by atoms with Crippen LogP contribution >= 0.6 is 0 Å². The number of hydrogen-bond donors (Lipinski definition) is 4. The average molecular weight is 345 g/mol. The zero-order valence-corrected chi connectivity index (χ0v) is 14.4. The van der Waals surface area contributed by atoms with E-state index >= 15 is 0 Å². The predicted octanol–water partition coefficient (Wildman–Crippen LogP) is 0.609. The first-order chi connectivity index (χ1) is 11.8. The van der Waals surface area contributed by atoms with Crippen LogP contribution in [0.3, 0.4) is 0 Å². The average Bonchev–Trinajstić information content (AvgIpc) is 2.91. The van der Waals surface area contributed by atoms with Crippen molar-refractivity contribution in [3.63, 3.8) is 0 Å². The number of H-pyrrole nitrogens is 2. The molecule has 8 nitrogen and oxygen atoms in total. The largest absolute Gasteiger partial charge is 0.369 e. The molecule has 1 fully saturated rings. The molecule has 0 aliphatic carbocycles. The third-order valence-corrected chi connectivity index (χ3v) is 4.92. The lowest BCUT2D eigenvalue weighted by atomic mass is 9.95. The van der Waals surface area contributed by atoms with Crippen LogP contribution in [0.15, 0.2) is 10.9 Å². The van der Waals surface area contributed by atoms with Crippen molar-refractivity contribution >= 4 is 28.5 Å². The van der Waals surface area contributed by atoms with Gasteiger partial charge in [0.25, 0.3) is 0 Å². The standard InChI is InChI=1S/C17H23N5O3/c1-9-7-12-15(21-17(25)19-12)14(10(9)2)20-16(24)11-3-5-22(6-4-11)8-13(18)23/h7,11H,3-6,8H2,1-2H3,(H2,18,23)(H,20,24)(H2,19,21,25). The van der Waals surface area contributed by atoms with Crippen LogP contribution in [0.25, 0.3) is 11.0 Å². The summed E-state index contributed by atoms with van der Waals surface area (Å²) in [7, 11) is 0. The summed E-state index contributed by atoms with van der Waals surface area (Å²) in [5.74, 6) is -0.530. The minimum atomic E-state index is -0.350. The number of nitrogens with one attached hydrogen (secondary N) is 3. The third-order valence-electron chi connectivity index (χ3n) is 4.92. The Morgan fingerprint density at radius 1 is 1.28 bits per heavy atom. The molecule has 3 rings (SSSR count). The fourth-order valence-electron chi connectivity index (χ4n) is 3.37. The molecule has 1 aromatic carbocycles. The fraction of sp³-hybridized carbons (Fsp3) is 0.471. The molecule has 2 aromatic rings. The molecule has 25 heavy (non-hydrogen) atoms. The number of aromatic nitrogens is 2. The summed E-state index contributed by atoms with van der Waals surface area (Å²) in [5.41, 5.74) is 8.79. The van der Waals surface area contributed by atoms with Gasteiger partial charge in [0.2, 0.25) is 11.8 Å². The first-order valence-electron chi connectivity index (χ1n) is 8.39. The third kappa shape index (κ3) is 3.58. The van der Waals surface area contributed by atoms with E-state index in [9.17, 15) is 14.4 Å². The highest BCUT2D eigenvalue weighted by Gasteiger charge is 2.26. The van der Waals surface area contributed by atoms with Gasteiger partial charge >= 0.3 is 5.69 Å². The van der Waals surface area contributed by atoms with Crippen molar-refractivity contribution in [1.29, 1.82) is 0 Å². The number of aryl methyl sites for hydroxylation is 1. The number of carbonyl (C=O) groups excluding carboxylic acids is 2. The van der Waals surface area contributed by atoms with Crippen molar-refractivity contribution in [2.24, 2.45) is 11.7 Å². The minimum absolute atomic E-state index is 0.0595. The van der Waals surface area contributed by atoms with Gasteiger partial charge in [-0.25, -0.2) is 4.79 Å². The van der Waals surface area contributed by atoms with Crippen molar-refractivity contribution < 1.29 is 9.59 Å². The van der Waals surface area contributed by atoms with E-state index in [1.165, 1.54) is 0 Å². The number of aromatic amines is 2. The molecular formula is C17H23N5O3. The summed E-state index contributed by atoms with van der Waals surface area (Å²) in [6, 6.07) is 1.89. The Balaban J connectivity index is 1.76. The maximum absolute atomic E-state index is 12.7. The number of nitrogens with zero attached hydrogens (tertiary/aromatic N) is 1. The molecule has 1 aliphatic heterocycles. The number of primary amides is 1. The monoisotopic (exact) mass is 345 g/mol. The van der Waals surface area contributed by atoms with Crippen molar-refractivity contribution in [2.75, 3.05) is 25.0 Å². The van der Waals surface area contributed by atoms with E-state index in [1.54, 1.807) is 0 Å². The van der Waals surface area contributed by atoms with Crippen LogP contribution in [-0.4, -0.2) is 46.3 Å². The van der Waals surface area contributed by atoms with Crippen molar-refractivity contribution in [2.45, 2.75) is 26.7 Å². The molecular weight excluding hydrogens is 322 g/mol. The van der Waals surface area contributed by atoms with E-state index in [0.717, 1.165) is 11.1 Å². The van der Waals surface area contributed by atoms with Crippen LogP contribution in [0.4, 0.5) is 5.69 Å². The van der Waals surface area contributed by atoms with Crippen LogP contribution in [0.2, 0.25) is 0 Å². The Morgan fingerprint density at radius 3 is 2.60 bits per heavy atom. The predicted molar refractivity (Wildman–Crippen MR) is 95.4 cm³/mol. The second kappa shape index (κ2) is 6.72. The van der Waals surface area contributed by atoms with Crippen LogP contribution < -0.4 is 16.7 Å². The van der Waals surface area contributed by atoms with Crippen LogP contribution in [0.1, 0.15) is 24.0 Å². The van der Waals surface area contributed by atoms with E-state index in [4.69, 9.17) is 5.73 Å². The SMILES string of the molecule is Cc1cc2[nH]c(=O)[nH]c2c(NC(=O)C2CCN(CC(N)=O)CC2)c1C. The van der Waals surface area contributed by atoms with Gasteiger partial charge in [-0.05, 0) is 57.0 Å². The Bertz CT molecular complexity index is 874. The van der Waals surface area contributed by atoms with E-state index in [1.807, 2.05) is 24.8 Å². The summed E-state index contributed by atoms with van der Waals surface area (Å²) in [5, 5.41) is 2.99. The molecule has 0 spiro atoms. The molecule has 1 aliphatic rings. The van der Waals surface area contributed by atoms with Crippen LogP contribution in [0.5, 0.6) is 0 Å². The number of anilines is 1. The number of nitrogens with two attached hydrogens (primary N) is 1. The Hall–Kier alpha value is -2.61. The van der Waals surface area contributed by atoms with Gasteiger partial charge in [-0.1, -0.05) is 0 Å². The number of fused-ring (bicyclic) bond motifs is 1. The van der Waals surface area contributed by atoms with E-state index in [0.29, 0.717) is 42.7 Å². The highest BCUT2D eigenvalue weighted by atomic mass is 16.2. The van der Waals surface area contributed by atoms with Crippen molar-refractivity contribution in [1.82, 2.24) is 14.9 Å². The molecule has 1 aromatic heterocycles. The van der Waals surface area contributed by atoms with Crippen LogP contribution in [0, 0.1) is 19.8 Å². The molecule has 134 valence electrons. The second-order valence-electron chi connectivity index (χ2n) is 6.70. The maximum Gasteiger partial charge on any atom is 0.323 e. The lowest BCUT2D eigenvalue weighted by Gasteiger charge is -2.30. The highest BCUT2D eigenvalue weighted by Crippen LogP contribution is 2.28. The maximum atomic E-state index is 12.7. The lowest BCUT2D eigenvalue weighted by molar-refractivity contribution is -0.122. The van der Waals surface area contributed by atoms with Gasteiger partial charge in [-0.3, -0.25) is 14.5 Å². The molecule has 0 saturated carbocycles. The normalized spacial score (nSPS) is 16.2. The smallest absolute Gasteiger partial charge is 0.323 e. The second-order valence-corrected chi connectivity index (χ2v) is 6.70. The zero-order valence-electron chi connectivity index (χ0n) is 14.4. The number of piperidine rings is 1. The van der Waals surface area contributed by atoms with Gasteiger partial charge in [0.15, 0.2) is 0 Å². The molecule has 0 radical (unpaired) electrons. The summed E-state index contributed by atoms with van der Waals surface area (Å²) < 4.78 is 0.